The molecule has 1 amide bonds. The highest BCUT2D eigenvalue weighted by atomic mass is 16.5. The van der Waals surface area contributed by atoms with Crippen LogP contribution in [-0.2, 0) is 4.74 Å². The van der Waals surface area contributed by atoms with Crippen LogP contribution in [0.4, 0.5) is 0 Å². The van der Waals surface area contributed by atoms with Crippen molar-refractivity contribution in [1.82, 2.24) is 9.47 Å². The molecule has 2 aliphatic rings. The van der Waals surface area contributed by atoms with Crippen molar-refractivity contribution in [1.29, 1.82) is 0 Å². The van der Waals surface area contributed by atoms with Crippen LogP contribution in [0.5, 0.6) is 0 Å². The van der Waals surface area contributed by atoms with Crippen LogP contribution < -0.4 is 0 Å². The highest BCUT2D eigenvalue weighted by Gasteiger charge is 2.29. The first-order valence-corrected chi connectivity index (χ1v) is 9.10. The molecule has 3 rings (SSSR count). The van der Waals surface area contributed by atoms with Crippen LogP contribution in [0.1, 0.15) is 73.7 Å². The Morgan fingerprint density at radius 2 is 1.70 bits per heavy atom. The van der Waals surface area contributed by atoms with Crippen molar-refractivity contribution in [3.8, 4) is 0 Å². The first-order chi connectivity index (χ1) is 11.0. The van der Waals surface area contributed by atoms with Crippen LogP contribution in [0.25, 0.3) is 0 Å². The van der Waals surface area contributed by atoms with Gasteiger partial charge in [0.15, 0.2) is 0 Å². The highest BCUT2D eigenvalue weighted by Crippen LogP contribution is 2.32. The average molecular weight is 318 g/mol. The maximum atomic E-state index is 13.0. The number of morpholine rings is 1. The molecule has 2 heterocycles. The first kappa shape index (κ1) is 16.6. The molecule has 0 aromatic carbocycles. The fourth-order valence-electron chi connectivity index (χ4n) is 4.41. The summed E-state index contributed by atoms with van der Waals surface area (Å²) in [5.41, 5.74) is 3.26. The van der Waals surface area contributed by atoms with Crippen LogP contribution in [0, 0.1) is 13.8 Å². The van der Waals surface area contributed by atoms with Crippen LogP contribution in [0.3, 0.4) is 0 Å². The topological polar surface area (TPSA) is 34.5 Å². The number of hydrogen-bond acceptors (Lipinski definition) is 2. The standard InChI is InChI=1S/C19H30N2O2/c1-13-10-18(16(4)21(13)17-8-6-5-7-9-17)19(22)20-11-14(2)23-15(3)12-20/h10,14-15,17H,5-9,11-12H2,1-4H3. The predicted octanol–water partition coefficient (Wildman–Crippen LogP) is 3.86. The van der Waals surface area contributed by atoms with Gasteiger partial charge in [0.2, 0.25) is 0 Å². The second-order valence-electron chi connectivity index (χ2n) is 7.41. The smallest absolute Gasteiger partial charge is 0.255 e. The van der Waals surface area contributed by atoms with Crippen molar-refractivity contribution in [2.24, 2.45) is 0 Å². The van der Waals surface area contributed by atoms with E-state index in [9.17, 15) is 4.79 Å². The lowest BCUT2D eigenvalue weighted by molar-refractivity contribution is -0.0586. The highest BCUT2D eigenvalue weighted by molar-refractivity contribution is 5.95. The van der Waals surface area contributed by atoms with E-state index in [1.165, 1.54) is 37.8 Å². The van der Waals surface area contributed by atoms with Crippen molar-refractivity contribution in [2.45, 2.75) is 78.0 Å². The quantitative estimate of drug-likeness (QED) is 0.830. The Labute approximate surface area is 139 Å². The summed E-state index contributed by atoms with van der Waals surface area (Å²) in [6.45, 7) is 9.72. The predicted molar refractivity (Wildman–Crippen MR) is 91.9 cm³/mol. The van der Waals surface area contributed by atoms with Crippen molar-refractivity contribution in [3.63, 3.8) is 0 Å². The second kappa shape index (κ2) is 6.68. The SMILES string of the molecule is Cc1cc(C(=O)N2CC(C)OC(C)C2)c(C)n1C1CCCCC1. The van der Waals surface area contributed by atoms with E-state index < -0.39 is 0 Å². The summed E-state index contributed by atoms with van der Waals surface area (Å²) < 4.78 is 8.17. The molecule has 1 aliphatic heterocycles. The van der Waals surface area contributed by atoms with Gasteiger partial charge >= 0.3 is 0 Å². The molecule has 128 valence electrons. The summed E-state index contributed by atoms with van der Waals surface area (Å²) >= 11 is 0. The van der Waals surface area contributed by atoms with Gasteiger partial charge in [-0.25, -0.2) is 0 Å². The number of aromatic nitrogens is 1. The number of amides is 1. The summed E-state index contributed by atoms with van der Waals surface area (Å²) in [5.74, 6) is 0.169. The molecule has 0 spiro atoms. The number of nitrogens with zero attached hydrogens (tertiary/aromatic N) is 2. The Bertz CT molecular complexity index is 562. The van der Waals surface area contributed by atoms with Gasteiger partial charge in [0, 0.05) is 30.5 Å². The molecule has 0 radical (unpaired) electrons. The number of aryl methyl sites for hydroxylation is 1. The van der Waals surface area contributed by atoms with E-state index in [0.29, 0.717) is 19.1 Å². The van der Waals surface area contributed by atoms with Gasteiger partial charge in [-0.2, -0.15) is 0 Å². The second-order valence-corrected chi connectivity index (χ2v) is 7.41. The maximum absolute atomic E-state index is 13.0. The molecule has 23 heavy (non-hydrogen) atoms. The molecule has 1 aromatic rings. The van der Waals surface area contributed by atoms with Gasteiger partial charge in [0.25, 0.3) is 5.91 Å². The third-order valence-electron chi connectivity index (χ3n) is 5.36. The molecular formula is C19H30N2O2. The fourth-order valence-corrected chi connectivity index (χ4v) is 4.41. The zero-order valence-corrected chi connectivity index (χ0v) is 15.0. The van der Waals surface area contributed by atoms with E-state index in [-0.39, 0.29) is 18.1 Å². The molecule has 0 bridgehead atoms. The van der Waals surface area contributed by atoms with Gasteiger partial charge in [0.05, 0.1) is 17.8 Å². The minimum atomic E-state index is 0.115. The largest absolute Gasteiger partial charge is 0.372 e. The molecule has 0 N–H and O–H groups in total. The molecule has 4 nitrogen and oxygen atoms in total. The maximum Gasteiger partial charge on any atom is 0.255 e. The molecule has 1 saturated heterocycles. The molecule has 2 fully saturated rings. The molecule has 1 saturated carbocycles. The molecule has 1 aliphatic carbocycles. The number of carbonyl (C=O) groups is 1. The minimum absolute atomic E-state index is 0.115. The zero-order valence-electron chi connectivity index (χ0n) is 15.0. The lowest BCUT2D eigenvalue weighted by atomic mass is 9.95. The van der Waals surface area contributed by atoms with E-state index in [0.717, 1.165) is 11.3 Å². The van der Waals surface area contributed by atoms with Crippen LogP contribution in [0.15, 0.2) is 6.07 Å². The molecule has 1 aromatic heterocycles. The fraction of sp³-hybridized carbons (Fsp3) is 0.737. The number of rotatable bonds is 2. The van der Waals surface area contributed by atoms with E-state index in [1.807, 2.05) is 18.7 Å². The minimum Gasteiger partial charge on any atom is -0.372 e. The Kier molecular flexibility index (Phi) is 4.81. The Morgan fingerprint density at radius 3 is 2.30 bits per heavy atom. The van der Waals surface area contributed by atoms with E-state index in [2.05, 4.69) is 24.5 Å². The number of carbonyl (C=O) groups excluding carboxylic acids is 1. The third kappa shape index (κ3) is 3.32. The first-order valence-electron chi connectivity index (χ1n) is 9.10. The Morgan fingerprint density at radius 1 is 1.09 bits per heavy atom. The summed E-state index contributed by atoms with van der Waals surface area (Å²) in [4.78, 5) is 15.0. The normalized spacial score (nSPS) is 26.5. The van der Waals surface area contributed by atoms with Gasteiger partial charge in [-0.05, 0) is 46.6 Å². The lowest BCUT2D eigenvalue weighted by Crippen LogP contribution is -2.48. The summed E-state index contributed by atoms with van der Waals surface area (Å²) in [5, 5.41) is 0. The monoisotopic (exact) mass is 318 g/mol. The number of ether oxygens (including phenoxy) is 1. The lowest BCUT2D eigenvalue weighted by Gasteiger charge is -2.35. The Balaban J connectivity index is 1.84. The van der Waals surface area contributed by atoms with Gasteiger partial charge in [0.1, 0.15) is 0 Å². The molecule has 2 atom stereocenters. The van der Waals surface area contributed by atoms with E-state index in [1.54, 1.807) is 0 Å². The van der Waals surface area contributed by atoms with Crippen LogP contribution in [-0.4, -0.2) is 40.7 Å². The third-order valence-corrected chi connectivity index (χ3v) is 5.36. The zero-order chi connectivity index (χ0) is 16.6. The van der Waals surface area contributed by atoms with Crippen molar-refractivity contribution < 1.29 is 9.53 Å². The van der Waals surface area contributed by atoms with Crippen LogP contribution in [0.2, 0.25) is 0 Å². The molecular weight excluding hydrogens is 288 g/mol. The van der Waals surface area contributed by atoms with Gasteiger partial charge in [-0.15, -0.1) is 0 Å². The van der Waals surface area contributed by atoms with Gasteiger partial charge in [-0.1, -0.05) is 19.3 Å². The average Bonchev–Trinajstić information content (AvgIpc) is 2.81. The van der Waals surface area contributed by atoms with Crippen molar-refractivity contribution in [2.75, 3.05) is 13.1 Å². The molecule has 2 unspecified atom stereocenters. The summed E-state index contributed by atoms with van der Waals surface area (Å²) in [7, 11) is 0. The summed E-state index contributed by atoms with van der Waals surface area (Å²) in [6, 6.07) is 2.67. The van der Waals surface area contributed by atoms with Crippen LogP contribution >= 0.6 is 0 Å². The van der Waals surface area contributed by atoms with Crippen molar-refractivity contribution in [3.05, 3.63) is 23.0 Å². The van der Waals surface area contributed by atoms with E-state index >= 15 is 0 Å². The molecule has 4 heteroatoms. The number of hydrogen-bond donors (Lipinski definition) is 0. The Hall–Kier alpha value is -1.29. The summed E-state index contributed by atoms with van der Waals surface area (Å²) in [6.07, 6.45) is 6.69. The van der Waals surface area contributed by atoms with Gasteiger partial charge in [-0.3, -0.25) is 4.79 Å². The van der Waals surface area contributed by atoms with Crippen molar-refractivity contribution >= 4 is 5.91 Å². The van der Waals surface area contributed by atoms with E-state index in [4.69, 9.17) is 4.74 Å². The van der Waals surface area contributed by atoms with Gasteiger partial charge < -0.3 is 14.2 Å².